The van der Waals surface area contributed by atoms with Crippen LogP contribution in [0.1, 0.15) is 24.5 Å². The van der Waals surface area contributed by atoms with E-state index in [4.69, 9.17) is 5.10 Å². The molecule has 1 saturated carbocycles. The van der Waals surface area contributed by atoms with E-state index in [1.165, 1.54) is 29.9 Å². The van der Waals surface area contributed by atoms with Crippen molar-refractivity contribution in [3.8, 4) is 11.3 Å². The Hall–Kier alpha value is -2.67. The van der Waals surface area contributed by atoms with Gasteiger partial charge in [-0.25, -0.2) is 4.79 Å². The Morgan fingerprint density at radius 3 is 2.84 bits per heavy atom. The SMILES string of the molecule is O=C(NCCn1nc(-c2ccncc2)cc1C1CC1)Nc1cccs1. The summed E-state index contributed by atoms with van der Waals surface area (Å²) in [6.07, 6.45) is 5.99. The number of hydrogen-bond acceptors (Lipinski definition) is 4. The van der Waals surface area contributed by atoms with Crippen LogP contribution < -0.4 is 10.6 Å². The minimum Gasteiger partial charge on any atom is -0.336 e. The maximum atomic E-state index is 11.9. The van der Waals surface area contributed by atoms with Crippen molar-refractivity contribution in [3.63, 3.8) is 0 Å². The summed E-state index contributed by atoms with van der Waals surface area (Å²) in [5.74, 6) is 0.600. The van der Waals surface area contributed by atoms with Crippen molar-refractivity contribution < 1.29 is 4.79 Å². The number of rotatable bonds is 6. The molecule has 4 rings (SSSR count). The first-order valence-corrected chi connectivity index (χ1v) is 9.24. The second kappa shape index (κ2) is 7.06. The Labute approximate surface area is 149 Å². The molecule has 1 fully saturated rings. The normalized spacial score (nSPS) is 13.6. The van der Waals surface area contributed by atoms with E-state index < -0.39 is 0 Å². The van der Waals surface area contributed by atoms with Gasteiger partial charge in [0.05, 0.1) is 17.2 Å². The van der Waals surface area contributed by atoms with Gasteiger partial charge in [-0.05, 0) is 48.6 Å². The molecule has 3 aromatic heterocycles. The lowest BCUT2D eigenvalue weighted by atomic mass is 10.2. The van der Waals surface area contributed by atoms with Crippen LogP contribution in [0.5, 0.6) is 0 Å². The molecule has 128 valence electrons. The Morgan fingerprint density at radius 2 is 2.12 bits per heavy atom. The molecule has 0 radical (unpaired) electrons. The van der Waals surface area contributed by atoms with Gasteiger partial charge in [-0.1, -0.05) is 0 Å². The summed E-state index contributed by atoms with van der Waals surface area (Å²) in [4.78, 5) is 16.0. The molecule has 0 unspecified atom stereocenters. The Kier molecular flexibility index (Phi) is 4.47. The first-order chi connectivity index (χ1) is 12.3. The minimum absolute atomic E-state index is 0.183. The number of nitrogens with zero attached hydrogens (tertiary/aromatic N) is 3. The van der Waals surface area contributed by atoms with E-state index in [1.807, 2.05) is 34.3 Å². The average Bonchev–Trinajstić information content (AvgIpc) is 3.18. The van der Waals surface area contributed by atoms with Crippen molar-refractivity contribution in [2.75, 3.05) is 11.9 Å². The van der Waals surface area contributed by atoms with Crippen LogP contribution in [0, 0.1) is 0 Å². The molecule has 3 aromatic rings. The maximum Gasteiger partial charge on any atom is 0.319 e. The van der Waals surface area contributed by atoms with Gasteiger partial charge in [0.2, 0.25) is 0 Å². The smallest absolute Gasteiger partial charge is 0.319 e. The molecule has 1 aliphatic carbocycles. The highest BCUT2D eigenvalue weighted by atomic mass is 32.1. The zero-order valence-corrected chi connectivity index (χ0v) is 14.5. The Balaban J connectivity index is 1.40. The lowest BCUT2D eigenvalue weighted by Gasteiger charge is -2.08. The van der Waals surface area contributed by atoms with Crippen molar-refractivity contribution in [2.45, 2.75) is 25.3 Å². The summed E-state index contributed by atoms with van der Waals surface area (Å²) in [5, 5.41) is 13.2. The second-order valence-corrected chi connectivity index (χ2v) is 6.99. The number of amides is 2. The molecule has 0 aliphatic heterocycles. The summed E-state index contributed by atoms with van der Waals surface area (Å²) in [6.45, 7) is 1.20. The third-order valence-corrected chi connectivity index (χ3v) is 4.94. The van der Waals surface area contributed by atoms with E-state index >= 15 is 0 Å². The summed E-state index contributed by atoms with van der Waals surface area (Å²) < 4.78 is 2.03. The van der Waals surface area contributed by atoms with Crippen LogP contribution >= 0.6 is 11.3 Å². The van der Waals surface area contributed by atoms with Gasteiger partial charge in [0.15, 0.2) is 0 Å². The zero-order chi connectivity index (χ0) is 17.1. The summed E-state index contributed by atoms with van der Waals surface area (Å²) in [7, 11) is 0. The second-order valence-electron chi connectivity index (χ2n) is 6.05. The molecule has 7 heteroatoms. The highest BCUT2D eigenvalue weighted by molar-refractivity contribution is 7.14. The van der Waals surface area contributed by atoms with Gasteiger partial charge >= 0.3 is 6.03 Å². The fraction of sp³-hybridized carbons (Fsp3) is 0.278. The number of pyridine rings is 1. The highest BCUT2D eigenvalue weighted by Crippen LogP contribution is 2.41. The van der Waals surface area contributed by atoms with E-state index in [-0.39, 0.29) is 6.03 Å². The van der Waals surface area contributed by atoms with Crippen LogP contribution in [0.3, 0.4) is 0 Å². The van der Waals surface area contributed by atoms with Crippen molar-refractivity contribution in [2.24, 2.45) is 0 Å². The molecule has 6 nitrogen and oxygen atoms in total. The van der Waals surface area contributed by atoms with Crippen molar-refractivity contribution in [1.29, 1.82) is 0 Å². The van der Waals surface area contributed by atoms with Gasteiger partial charge < -0.3 is 5.32 Å². The highest BCUT2D eigenvalue weighted by Gasteiger charge is 2.28. The van der Waals surface area contributed by atoms with Crippen LogP contribution in [0.25, 0.3) is 11.3 Å². The van der Waals surface area contributed by atoms with Gasteiger partial charge in [-0.2, -0.15) is 5.10 Å². The van der Waals surface area contributed by atoms with Crippen LogP contribution in [0.15, 0.2) is 48.1 Å². The predicted molar refractivity (Wildman–Crippen MR) is 98.8 cm³/mol. The molecule has 1 aliphatic rings. The van der Waals surface area contributed by atoms with E-state index in [9.17, 15) is 4.79 Å². The molecule has 0 spiro atoms. The molecular weight excluding hydrogens is 334 g/mol. The van der Waals surface area contributed by atoms with Crippen LogP contribution in [0.2, 0.25) is 0 Å². The van der Waals surface area contributed by atoms with Gasteiger partial charge in [0, 0.05) is 36.1 Å². The lowest BCUT2D eigenvalue weighted by molar-refractivity contribution is 0.251. The fourth-order valence-electron chi connectivity index (χ4n) is 2.76. The molecule has 3 heterocycles. The Morgan fingerprint density at radius 1 is 1.28 bits per heavy atom. The molecule has 0 saturated heterocycles. The number of thiophene rings is 1. The number of anilines is 1. The molecule has 2 N–H and O–H groups in total. The van der Waals surface area contributed by atoms with Gasteiger partial charge in [0.1, 0.15) is 0 Å². The number of nitrogens with one attached hydrogen (secondary N) is 2. The molecule has 0 aromatic carbocycles. The predicted octanol–water partition coefficient (Wildman–Crippen LogP) is 3.71. The average molecular weight is 353 g/mol. The monoisotopic (exact) mass is 353 g/mol. The lowest BCUT2D eigenvalue weighted by Crippen LogP contribution is -2.31. The van der Waals surface area contributed by atoms with Crippen LogP contribution in [-0.4, -0.2) is 27.3 Å². The zero-order valence-electron chi connectivity index (χ0n) is 13.7. The minimum atomic E-state index is -0.183. The Bertz CT molecular complexity index is 840. The van der Waals surface area contributed by atoms with E-state index in [1.54, 1.807) is 12.4 Å². The summed E-state index contributed by atoms with van der Waals surface area (Å²) in [5.41, 5.74) is 3.29. The standard InChI is InChI=1S/C18H19N5OS/c24-18(21-17-2-1-11-25-17)20-9-10-23-16(14-3-4-14)12-15(22-23)13-5-7-19-8-6-13/h1-2,5-8,11-12,14H,3-4,9-10H2,(H2,20,21,24). The van der Waals surface area contributed by atoms with Gasteiger partial charge in [-0.15, -0.1) is 11.3 Å². The first-order valence-electron chi connectivity index (χ1n) is 8.36. The number of carbonyl (C=O) groups is 1. The maximum absolute atomic E-state index is 11.9. The van der Waals surface area contributed by atoms with Crippen LogP contribution in [-0.2, 0) is 6.54 Å². The molecule has 0 bridgehead atoms. The number of aromatic nitrogens is 3. The topological polar surface area (TPSA) is 71.8 Å². The van der Waals surface area contributed by atoms with E-state index in [2.05, 4.69) is 21.7 Å². The number of hydrogen-bond donors (Lipinski definition) is 2. The third kappa shape index (κ3) is 3.88. The quantitative estimate of drug-likeness (QED) is 0.710. The van der Waals surface area contributed by atoms with E-state index in [0.717, 1.165) is 16.3 Å². The number of carbonyl (C=O) groups excluding carboxylic acids is 1. The molecule has 0 atom stereocenters. The van der Waals surface area contributed by atoms with Crippen molar-refractivity contribution >= 4 is 22.4 Å². The molecular formula is C18H19N5OS. The summed E-state index contributed by atoms with van der Waals surface area (Å²) >= 11 is 1.50. The largest absolute Gasteiger partial charge is 0.336 e. The third-order valence-electron chi connectivity index (χ3n) is 4.15. The number of urea groups is 1. The molecule has 2 amide bonds. The van der Waals surface area contributed by atoms with Crippen molar-refractivity contribution in [3.05, 3.63) is 53.8 Å². The first kappa shape index (κ1) is 15.8. The van der Waals surface area contributed by atoms with Gasteiger partial charge in [0.25, 0.3) is 0 Å². The summed E-state index contributed by atoms with van der Waals surface area (Å²) in [6, 6.07) is 9.71. The van der Waals surface area contributed by atoms with Crippen LogP contribution in [0.4, 0.5) is 9.80 Å². The van der Waals surface area contributed by atoms with Gasteiger partial charge in [-0.3, -0.25) is 15.0 Å². The molecule has 25 heavy (non-hydrogen) atoms. The van der Waals surface area contributed by atoms with Crippen molar-refractivity contribution in [1.82, 2.24) is 20.1 Å². The van der Waals surface area contributed by atoms with E-state index in [0.29, 0.717) is 19.0 Å². The fourth-order valence-corrected chi connectivity index (χ4v) is 3.38.